The van der Waals surface area contributed by atoms with Gasteiger partial charge in [0, 0.05) is 18.1 Å². The average molecular weight is 346 g/mol. The Hall–Kier alpha value is -3.92. The maximum Gasteiger partial charge on any atom is 0.411 e. The summed E-state index contributed by atoms with van der Waals surface area (Å²) >= 11 is 0. The number of anilines is 1. The normalized spacial score (nSPS) is 9.81. The number of carbonyl (C=O) groups is 1. The van der Waals surface area contributed by atoms with E-state index in [4.69, 9.17) is 14.7 Å². The first-order chi connectivity index (χ1) is 12.7. The van der Waals surface area contributed by atoms with E-state index in [-0.39, 0.29) is 18.2 Å². The summed E-state index contributed by atoms with van der Waals surface area (Å²) in [5, 5.41) is 11.6. The van der Waals surface area contributed by atoms with Crippen LogP contribution in [0.15, 0.2) is 67.0 Å². The van der Waals surface area contributed by atoms with E-state index in [2.05, 4.69) is 15.3 Å². The van der Waals surface area contributed by atoms with Gasteiger partial charge in [0.25, 0.3) is 5.88 Å². The van der Waals surface area contributed by atoms with Crippen molar-refractivity contribution in [2.45, 2.75) is 6.61 Å². The van der Waals surface area contributed by atoms with Gasteiger partial charge in [0.05, 0.1) is 0 Å². The van der Waals surface area contributed by atoms with Gasteiger partial charge in [0.1, 0.15) is 18.4 Å². The molecule has 0 unspecified atom stereocenters. The van der Waals surface area contributed by atoms with Crippen LogP contribution < -0.4 is 10.1 Å². The first kappa shape index (κ1) is 16.9. The zero-order valence-corrected chi connectivity index (χ0v) is 13.6. The molecule has 0 saturated carbocycles. The van der Waals surface area contributed by atoms with Crippen molar-refractivity contribution < 1.29 is 14.3 Å². The number of benzene rings is 2. The number of hydrogen-bond acceptors (Lipinski definition) is 6. The second-order valence-corrected chi connectivity index (χ2v) is 5.14. The molecule has 2 aromatic carbocycles. The fourth-order valence-corrected chi connectivity index (χ4v) is 2.07. The van der Waals surface area contributed by atoms with Crippen LogP contribution in [0.1, 0.15) is 11.3 Å². The number of amides is 1. The summed E-state index contributed by atoms with van der Waals surface area (Å²) in [5.41, 5.74) is 1.55. The zero-order chi connectivity index (χ0) is 18.2. The molecule has 0 aliphatic carbocycles. The molecule has 1 amide bonds. The van der Waals surface area contributed by atoms with E-state index >= 15 is 0 Å². The van der Waals surface area contributed by atoms with E-state index in [1.54, 1.807) is 24.3 Å². The highest BCUT2D eigenvalue weighted by molar-refractivity contribution is 5.84. The molecule has 1 N–H and O–H groups in total. The van der Waals surface area contributed by atoms with Gasteiger partial charge in [-0.25, -0.2) is 14.8 Å². The number of rotatable bonds is 5. The highest BCUT2D eigenvalue weighted by atomic mass is 16.5. The molecule has 7 nitrogen and oxygen atoms in total. The summed E-state index contributed by atoms with van der Waals surface area (Å²) in [6.45, 7) is 0.192. The Morgan fingerprint density at radius 1 is 1.04 bits per heavy atom. The molecule has 0 aliphatic heterocycles. The van der Waals surface area contributed by atoms with E-state index < -0.39 is 6.09 Å². The van der Waals surface area contributed by atoms with Crippen molar-refractivity contribution in [3.8, 4) is 17.7 Å². The smallest absolute Gasteiger partial charge is 0.411 e. The lowest BCUT2D eigenvalue weighted by atomic mass is 10.2. The van der Waals surface area contributed by atoms with Crippen molar-refractivity contribution >= 4 is 11.8 Å². The topological polar surface area (TPSA) is 97.1 Å². The molecule has 0 radical (unpaired) electrons. The molecule has 128 valence electrons. The molecule has 0 bridgehead atoms. The van der Waals surface area contributed by atoms with Gasteiger partial charge in [0.15, 0.2) is 0 Å². The number of nitrogens with one attached hydrogen (secondary N) is 1. The highest BCUT2D eigenvalue weighted by Gasteiger charge is 2.08. The SMILES string of the molecule is N#Cc1nccnc1Oc1ccc(NC(=O)OCc2ccccc2)cc1. The second-order valence-electron chi connectivity index (χ2n) is 5.14. The number of aromatic nitrogens is 2. The first-order valence-corrected chi connectivity index (χ1v) is 7.71. The second kappa shape index (κ2) is 8.26. The minimum absolute atomic E-state index is 0.0965. The molecule has 7 heteroatoms. The van der Waals surface area contributed by atoms with Crippen LogP contribution in [0.5, 0.6) is 11.6 Å². The zero-order valence-electron chi connectivity index (χ0n) is 13.6. The molecule has 0 fully saturated rings. The summed E-state index contributed by atoms with van der Waals surface area (Å²) in [7, 11) is 0. The summed E-state index contributed by atoms with van der Waals surface area (Å²) in [4.78, 5) is 19.7. The lowest BCUT2D eigenvalue weighted by Crippen LogP contribution is -2.13. The summed E-state index contributed by atoms with van der Waals surface area (Å²) in [6, 6.07) is 17.9. The summed E-state index contributed by atoms with van der Waals surface area (Å²) < 4.78 is 10.7. The molecule has 0 atom stereocenters. The minimum Gasteiger partial charge on any atom is -0.444 e. The third-order valence-electron chi connectivity index (χ3n) is 3.30. The largest absolute Gasteiger partial charge is 0.444 e. The van der Waals surface area contributed by atoms with Crippen molar-refractivity contribution in [2.75, 3.05) is 5.32 Å². The standard InChI is InChI=1S/C19H14N4O3/c20-12-17-18(22-11-10-21-17)26-16-8-6-15(7-9-16)23-19(24)25-13-14-4-2-1-3-5-14/h1-11H,13H2,(H,23,24). The van der Waals surface area contributed by atoms with E-state index in [1.165, 1.54) is 12.4 Å². The maximum atomic E-state index is 11.8. The van der Waals surface area contributed by atoms with Crippen LogP contribution in [0.4, 0.5) is 10.5 Å². The lowest BCUT2D eigenvalue weighted by Gasteiger charge is -2.08. The van der Waals surface area contributed by atoms with Crippen LogP contribution in [0, 0.1) is 11.3 Å². The Balaban J connectivity index is 1.56. The molecule has 0 saturated heterocycles. The molecular formula is C19H14N4O3. The average Bonchev–Trinajstić information content (AvgIpc) is 2.69. The third kappa shape index (κ3) is 4.55. The minimum atomic E-state index is -0.553. The number of ether oxygens (including phenoxy) is 2. The number of carbonyl (C=O) groups excluding carboxylic acids is 1. The van der Waals surface area contributed by atoms with Crippen molar-refractivity contribution in [1.29, 1.82) is 5.26 Å². The van der Waals surface area contributed by atoms with Gasteiger partial charge in [-0.15, -0.1) is 0 Å². The third-order valence-corrected chi connectivity index (χ3v) is 3.30. The lowest BCUT2D eigenvalue weighted by molar-refractivity contribution is 0.155. The van der Waals surface area contributed by atoms with Gasteiger partial charge in [0.2, 0.25) is 5.69 Å². The Labute approximate surface area is 149 Å². The van der Waals surface area contributed by atoms with Gasteiger partial charge in [-0.3, -0.25) is 5.32 Å². The predicted octanol–water partition coefficient (Wildman–Crippen LogP) is 3.89. The van der Waals surface area contributed by atoms with Crippen molar-refractivity contribution in [1.82, 2.24) is 9.97 Å². The molecule has 1 aromatic heterocycles. The van der Waals surface area contributed by atoms with Gasteiger partial charge in [-0.05, 0) is 29.8 Å². The van der Waals surface area contributed by atoms with E-state index in [0.717, 1.165) is 5.56 Å². The van der Waals surface area contributed by atoms with Gasteiger partial charge in [-0.1, -0.05) is 30.3 Å². The summed E-state index contributed by atoms with van der Waals surface area (Å²) in [6.07, 6.45) is 2.30. The first-order valence-electron chi connectivity index (χ1n) is 7.71. The van der Waals surface area contributed by atoms with Crippen molar-refractivity contribution in [3.63, 3.8) is 0 Å². The number of nitriles is 1. The molecule has 1 heterocycles. The van der Waals surface area contributed by atoms with Crippen LogP contribution in [-0.2, 0) is 11.3 Å². The van der Waals surface area contributed by atoms with Crippen LogP contribution >= 0.6 is 0 Å². The van der Waals surface area contributed by atoms with Crippen LogP contribution in [0.3, 0.4) is 0 Å². The molecule has 3 rings (SSSR count). The molecule has 0 aliphatic rings. The maximum absolute atomic E-state index is 11.8. The Morgan fingerprint density at radius 2 is 1.77 bits per heavy atom. The monoisotopic (exact) mass is 346 g/mol. The molecule has 3 aromatic rings. The van der Waals surface area contributed by atoms with Gasteiger partial charge < -0.3 is 9.47 Å². The fourth-order valence-electron chi connectivity index (χ4n) is 2.07. The molecular weight excluding hydrogens is 332 g/mol. The highest BCUT2D eigenvalue weighted by Crippen LogP contribution is 2.23. The number of nitrogens with zero attached hydrogens (tertiary/aromatic N) is 3. The van der Waals surface area contributed by atoms with Gasteiger partial charge >= 0.3 is 6.09 Å². The molecule has 26 heavy (non-hydrogen) atoms. The van der Waals surface area contributed by atoms with Crippen LogP contribution in [-0.4, -0.2) is 16.1 Å². The van der Waals surface area contributed by atoms with Crippen LogP contribution in [0.2, 0.25) is 0 Å². The van der Waals surface area contributed by atoms with E-state index in [9.17, 15) is 4.79 Å². The summed E-state index contributed by atoms with van der Waals surface area (Å²) in [5.74, 6) is 0.586. The van der Waals surface area contributed by atoms with Crippen LogP contribution in [0.25, 0.3) is 0 Å². The molecule has 0 spiro atoms. The fraction of sp³-hybridized carbons (Fsp3) is 0.0526. The number of hydrogen-bond donors (Lipinski definition) is 1. The Morgan fingerprint density at radius 3 is 2.50 bits per heavy atom. The Kier molecular flexibility index (Phi) is 5.38. The van der Waals surface area contributed by atoms with E-state index in [0.29, 0.717) is 11.4 Å². The van der Waals surface area contributed by atoms with E-state index in [1.807, 2.05) is 36.4 Å². The quantitative estimate of drug-likeness (QED) is 0.753. The van der Waals surface area contributed by atoms with Crippen molar-refractivity contribution in [2.24, 2.45) is 0 Å². The van der Waals surface area contributed by atoms with Crippen molar-refractivity contribution in [3.05, 3.63) is 78.2 Å². The Bertz CT molecular complexity index is 922. The predicted molar refractivity (Wildman–Crippen MR) is 93.5 cm³/mol. The van der Waals surface area contributed by atoms with Gasteiger partial charge in [-0.2, -0.15) is 5.26 Å².